The predicted molar refractivity (Wildman–Crippen MR) is 117 cm³/mol. The maximum absolute atomic E-state index is 13.3. The van der Waals surface area contributed by atoms with Gasteiger partial charge in [0.15, 0.2) is 0 Å². The zero-order valence-electron chi connectivity index (χ0n) is 17.3. The fraction of sp³-hybridized carbons (Fsp3) is 0.333. The molecule has 0 aliphatic carbocycles. The molecular formula is C24H28N2O4. The Morgan fingerprint density at radius 1 is 1.03 bits per heavy atom. The van der Waals surface area contributed by atoms with Crippen LogP contribution in [0, 0.1) is 0 Å². The topological polar surface area (TPSA) is 82.6 Å². The maximum atomic E-state index is 13.3. The van der Waals surface area contributed by atoms with E-state index in [4.69, 9.17) is 9.84 Å². The Hall–Kier alpha value is -3.28. The maximum Gasteiger partial charge on any atom is 0.303 e. The average molecular weight is 408 g/mol. The van der Waals surface area contributed by atoms with Crippen LogP contribution in [-0.4, -0.2) is 47.1 Å². The number of aromatic amines is 1. The number of unbranched alkanes of at least 4 members (excludes halogenated alkanes) is 1. The third-order valence-electron chi connectivity index (χ3n) is 5.21. The van der Waals surface area contributed by atoms with Gasteiger partial charge in [0.2, 0.25) is 0 Å². The van der Waals surface area contributed by atoms with Crippen LogP contribution in [0.1, 0.15) is 41.6 Å². The number of aryl methyl sites for hydroxylation is 1. The van der Waals surface area contributed by atoms with Crippen molar-refractivity contribution in [2.24, 2.45) is 0 Å². The molecule has 3 aromatic rings. The highest BCUT2D eigenvalue weighted by molar-refractivity contribution is 6.06. The van der Waals surface area contributed by atoms with Crippen LogP contribution in [0.3, 0.4) is 0 Å². The number of rotatable bonds is 11. The van der Waals surface area contributed by atoms with Gasteiger partial charge in [-0.2, -0.15) is 0 Å². The van der Waals surface area contributed by atoms with E-state index in [9.17, 15) is 9.59 Å². The number of benzene rings is 2. The number of carboxylic acid groups (broad SMARTS) is 1. The molecule has 0 saturated heterocycles. The van der Waals surface area contributed by atoms with E-state index in [-0.39, 0.29) is 12.3 Å². The predicted octanol–water partition coefficient (Wildman–Crippen LogP) is 4.51. The number of fused-ring (bicyclic) bond motifs is 1. The molecule has 0 unspecified atom stereocenters. The summed E-state index contributed by atoms with van der Waals surface area (Å²) in [6, 6.07) is 15.8. The first-order chi connectivity index (χ1) is 14.6. The molecule has 0 aliphatic heterocycles. The first-order valence-electron chi connectivity index (χ1n) is 10.3. The smallest absolute Gasteiger partial charge is 0.303 e. The van der Waals surface area contributed by atoms with Crippen LogP contribution < -0.4 is 4.74 Å². The minimum absolute atomic E-state index is 0.0326. The molecule has 2 aromatic carbocycles. The Morgan fingerprint density at radius 2 is 1.80 bits per heavy atom. The van der Waals surface area contributed by atoms with Crippen molar-refractivity contribution >= 4 is 22.8 Å². The second-order valence-electron chi connectivity index (χ2n) is 7.35. The number of methoxy groups -OCH3 is 1. The average Bonchev–Trinajstić information content (AvgIpc) is 3.18. The molecule has 6 heteroatoms. The lowest BCUT2D eigenvalue weighted by atomic mass is 10.1. The number of nitrogens with zero attached hydrogens (tertiary/aromatic N) is 1. The Kier molecular flexibility index (Phi) is 7.49. The molecule has 158 valence electrons. The van der Waals surface area contributed by atoms with Crippen LogP contribution in [0.25, 0.3) is 10.9 Å². The quantitative estimate of drug-likeness (QED) is 0.458. The summed E-state index contributed by atoms with van der Waals surface area (Å²) in [7, 11) is 1.61. The van der Waals surface area contributed by atoms with Gasteiger partial charge in [-0.1, -0.05) is 30.3 Å². The van der Waals surface area contributed by atoms with Crippen LogP contribution >= 0.6 is 0 Å². The molecule has 0 spiro atoms. The molecule has 30 heavy (non-hydrogen) atoms. The first-order valence-corrected chi connectivity index (χ1v) is 10.3. The molecule has 0 saturated carbocycles. The van der Waals surface area contributed by atoms with Crippen LogP contribution in [0.5, 0.6) is 5.75 Å². The fourth-order valence-corrected chi connectivity index (χ4v) is 3.59. The van der Waals surface area contributed by atoms with Gasteiger partial charge in [-0.3, -0.25) is 9.59 Å². The number of amides is 1. The molecule has 0 fully saturated rings. The van der Waals surface area contributed by atoms with Crippen molar-refractivity contribution in [1.29, 1.82) is 0 Å². The van der Waals surface area contributed by atoms with Gasteiger partial charge in [-0.05, 0) is 43.4 Å². The standard InChI is InChI=1S/C24H28N2O4/c1-30-19-12-13-20-21(17-25-22(20)16-19)24(29)26(14-6-5-11-23(27)28)15-7-10-18-8-3-2-4-9-18/h2-4,8-9,12-13,16-17,25H,5-7,10-11,14-15H2,1H3,(H,27,28). The normalized spacial score (nSPS) is 10.8. The van der Waals surface area contributed by atoms with Crippen LogP contribution in [0.15, 0.2) is 54.7 Å². The van der Waals surface area contributed by atoms with E-state index >= 15 is 0 Å². The molecule has 6 nitrogen and oxygen atoms in total. The summed E-state index contributed by atoms with van der Waals surface area (Å²) in [6.45, 7) is 1.17. The van der Waals surface area contributed by atoms with Crippen molar-refractivity contribution < 1.29 is 19.4 Å². The summed E-state index contributed by atoms with van der Waals surface area (Å²) in [5.41, 5.74) is 2.73. The van der Waals surface area contributed by atoms with E-state index < -0.39 is 5.97 Å². The lowest BCUT2D eigenvalue weighted by molar-refractivity contribution is -0.137. The third kappa shape index (κ3) is 5.63. The number of hydrogen-bond acceptors (Lipinski definition) is 3. The van der Waals surface area contributed by atoms with E-state index in [1.807, 2.05) is 41.3 Å². The molecular weight excluding hydrogens is 380 g/mol. The summed E-state index contributed by atoms with van der Waals surface area (Å²) >= 11 is 0. The number of ether oxygens (including phenoxy) is 1. The number of aliphatic carboxylic acids is 1. The SMILES string of the molecule is COc1ccc2c(C(=O)N(CCCCC(=O)O)CCCc3ccccc3)c[nH]c2c1. The first kappa shape index (κ1) is 21.4. The lowest BCUT2D eigenvalue weighted by Crippen LogP contribution is -2.33. The van der Waals surface area contributed by atoms with Crippen LogP contribution in [-0.2, 0) is 11.2 Å². The van der Waals surface area contributed by atoms with Crippen molar-refractivity contribution in [3.05, 3.63) is 65.9 Å². The number of carbonyl (C=O) groups is 2. The minimum atomic E-state index is -0.803. The van der Waals surface area contributed by atoms with Gasteiger partial charge in [0.25, 0.3) is 5.91 Å². The van der Waals surface area contributed by atoms with E-state index in [1.165, 1.54) is 5.56 Å². The van der Waals surface area contributed by atoms with Gasteiger partial charge in [0, 0.05) is 42.7 Å². The Bertz CT molecular complexity index is 981. The molecule has 0 atom stereocenters. The van der Waals surface area contributed by atoms with Gasteiger partial charge in [-0.25, -0.2) is 0 Å². The lowest BCUT2D eigenvalue weighted by Gasteiger charge is -2.22. The van der Waals surface area contributed by atoms with E-state index in [0.717, 1.165) is 29.5 Å². The summed E-state index contributed by atoms with van der Waals surface area (Å²) in [5.74, 6) is -0.103. The zero-order valence-corrected chi connectivity index (χ0v) is 17.3. The number of aromatic nitrogens is 1. The Morgan fingerprint density at radius 3 is 2.53 bits per heavy atom. The number of nitrogens with one attached hydrogen (secondary N) is 1. The summed E-state index contributed by atoms with van der Waals surface area (Å²) in [5, 5.41) is 9.73. The van der Waals surface area contributed by atoms with E-state index in [0.29, 0.717) is 31.5 Å². The largest absolute Gasteiger partial charge is 0.497 e. The van der Waals surface area contributed by atoms with Crippen LogP contribution in [0.4, 0.5) is 0 Å². The highest BCUT2D eigenvalue weighted by Crippen LogP contribution is 2.24. The van der Waals surface area contributed by atoms with Gasteiger partial charge < -0.3 is 19.7 Å². The van der Waals surface area contributed by atoms with Crippen molar-refractivity contribution in [1.82, 2.24) is 9.88 Å². The molecule has 0 radical (unpaired) electrons. The Balaban J connectivity index is 1.70. The number of carbonyl (C=O) groups excluding carboxylic acids is 1. The third-order valence-corrected chi connectivity index (χ3v) is 5.21. The molecule has 1 heterocycles. The second-order valence-corrected chi connectivity index (χ2v) is 7.35. The summed E-state index contributed by atoms with van der Waals surface area (Å²) in [4.78, 5) is 29.1. The Labute approximate surface area is 176 Å². The van der Waals surface area contributed by atoms with E-state index in [2.05, 4.69) is 17.1 Å². The fourth-order valence-electron chi connectivity index (χ4n) is 3.59. The van der Waals surface area contributed by atoms with Gasteiger partial charge in [0.1, 0.15) is 5.75 Å². The molecule has 2 N–H and O–H groups in total. The molecule has 0 aliphatic rings. The molecule has 1 aromatic heterocycles. The van der Waals surface area contributed by atoms with Gasteiger partial charge in [0.05, 0.1) is 12.7 Å². The molecule has 1 amide bonds. The highest BCUT2D eigenvalue weighted by Gasteiger charge is 2.19. The van der Waals surface area contributed by atoms with Crippen LogP contribution in [0.2, 0.25) is 0 Å². The highest BCUT2D eigenvalue weighted by atomic mass is 16.5. The monoisotopic (exact) mass is 408 g/mol. The zero-order chi connectivity index (χ0) is 21.3. The number of hydrogen-bond donors (Lipinski definition) is 2. The minimum Gasteiger partial charge on any atom is -0.497 e. The number of H-pyrrole nitrogens is 1. The van der Waals surface area contributed by atoms with E-state index in [1.54, 1.807) is 13.3 Å². The van der Waals surface area contributed by atoms with Crippen molar-refractivity contribution in [3.63, 3.8) is 0 Å². The number of carboxylic acids is 1. The van der Waals surface area contributed by atoms with Crippen molar-refractivity contribution in [2.75, 3.05) is 20.2 Å². The molecule has 0 bridgehead atoms. The van der Waals surface area contributed by atoms with Gasteiger partial charge >= 0.3 is 5.97 Å². The van der Waals surface area contributed by atoms with Crippen molar-refractivity contribution in [2.45, 2.75) is 32.1 Å². The summed E-state index contributed by atoms with van der Waals surface area (Å²) in [6.07, 6.45) is 4.84. The van der Waals surface area contributed by atoms with Crippen molar-refractivity contribution in [3.8, 4) is 5.75 Å². The molecule has 3 rings (SSSR count). The summed E-state index contributed by atoms with van der Waals surface area (Å²) < 4.78 is 5.26. The van der Waals surface area contributed by atoms with Gasteiger partial charge in [-0.15, -0.1) is 0 Å². The second kappa shape index (κ2) is 10.5.